The molecule has 0 saturated heterocycles. The lowest BCUT2D eigenvalue weighted by Gasteiger charge is -2.14. The number of rotatable bonds is 3. The minimum atomic E-state index is 0.102. The average molecular weight is 178 g/mol. The van der Waals surface area contributed by atoms with Crippen LogP contribution < -0.4 is 11.1 Å². The van der Waals surface area contributed by atoms with E-state index in [1.807, 2.05) is 7.05 Å². The molecule has 0 aliphatic rings. The van der Waals surface area contributed by atoms with Crippen LogP contribution in [0.4, 0.5) is 0 Å². The van der Waals surface area contributed by atoms with Crippen molar-refractivity contribution in [3.63, 3.8) is 0 Å². The molecule has 1 aromatic carbocycles. The van der Waals surface area contributed by atoms with Crippen molar-refractivity contribution in [1.29, 1.82) is 0 Å². The highest BCUT2D eigenvalue weighted by molar-refractivity contribution is 5.32. The third-order valence-electron chi connectivity index (χ3n) is 2.26. The molecule has 1 atom stereocenters. The highest BCUT2D eigenvalue weighted by atomic mass is 14.9. The maximum Gasteiger partial charge on any atom is 0.0424 e. The fourth-order valence-electron chi connectivity index (χ4n) is 1.49. The van der Waals surface area contributed by atoms with Crippen molar-refractivity contribution in [2.24, 2.45) is 5.73 Å². The predicted molar refractivity (Wildman–Crippen MR) is 56.8 cm³/mol. The van der Waals surface area contributed by atoms with Gasteiger partial charge in [0.15, 0.2) is 0 Å². The van der Waals surface area contributed by atoms with Crippen molar-refractivity contribution in [2.75, 3.05) is 13.6 Å². The van der Waals surface area contributed by atoms with Crippen LogP contribution in [0.1, 0.15) is 22.7 Å². The second-order valence-electron chi connectivity index (χ2n) is 3.52. The molecule has 0 bridgehead atoms. The van der Waals surface area contributed by atoms with E-state index in [4.69, 9.17) is 5.73 Å². The van der Waals surface area contributed by atoms with Gasteiger partial charge in [-0.3, -0.25) is 0 Å². The Labute approximate surface area is 80.1 Å². The summed E-state index contributed by atoms with van der Waals surface area (Å²) in [5.41, 5.74) is 9.80. The fourth-order valence-corrected chi connectivity index (χ4v) is 1.49. The molecule has 1 unspecified atom stereocenters. The highest BCUT2D eigenvalue weighted by Gasteiger charge is 2.07. The van der Waals surface area contributed by atoms with Crippen LogP contribution in [-0.2, 0) is 0 Å². The molecule has 0 aliphatic carbocycles. The highest BCUT2D eigenvalue weighted by Crippen LogP contribution is 2.16. The Kier molecular flexibility index (Phi) is 3.46. The molecule has 1 rings (SSSR count). The summed E-state index contributed by atoms with van der Waals surface area (Å²) in [6, 6.07) is 6.51. The van der Waals surface area contributed by atoms with Gasteiger partial charge in [0.25, 0.3) is 0 Å². The molecule has 72 valence electrons. The van der Waals surface area contributed by atoms with Crippen LogP contribution in [0.5, 0.6) is 0 Å². The van der Waals surface area contributed by atoms with Gasteiger partial charge in [0.05, 0.1) is 0 Å². The van der Waals surface area contributed by atoms with Gasteiger partial charge in [0, 0.05) is 12.6 Å². The lowest BCUT2D eigenvalue weighted by Crippen LogP contribution is -2.24. The van der Waals surface area contributed by atoms with Crippen molar-refractivity contribution < 1.29 is 0 Å². The first-order valence-electron chi connectivity index (χ1n) is 4.62. The van der Waals surface area contributed by atoms with Crippen molar-refractivity contribution in [1.82, 2.24) is 5.32 Å². The molecule has 3 N–H and O–H groups in total. The number of nitrogens with one attached hydrogen (secondary N) is 1. The summed E-state index contributed by atoms with van der Waals surface area (Å²) in [5, 5.41) is 3.09. The summed E-state index contributed by atoms with van der Waals surface area (Å²) < 4.78 is 0. The van der Waals surface area contributed by atoms with E-state index in [-0.39, 0.29) is 6.04 Å². The van der Waals surface area contributed by atoms with Crippen LogP contribution in [0, 0.1) is 13.8 Å². The Balaban J connectivity index is 2.91. The second-order valence-corrected chi connectivity index (χ2v) is 3.52. The van der Waals surface area contributed by atoms with Crippen LogP contribution in [-0.4, -0.2) is 13.6 Å². The van der Waals surface area contributed by atoms with Crippen LogP contribution >= 0.6 is 0 Å². The summed E-state index contributed by atoms with van der Waals surface area (Å²) >= 11 is 0. The molecule has 0 heterocycles. The zero-order chi connectivity index (χ0) is 9.84. The monoisotopic (exact) mass is 178 g/mol. The smallest absolute Gasteiger partial charge is 0.0424 e. The molecular formula is C11H18N2. The van der Waals surface area contributed by atoms with Crippen molar-refractivity contribution in [3.05, 3.63) is 34.9 Å². The molecule has 1 aromatic rings. The normalized spacial score (nSPS) is 12.9. The van der Waals surface area contributed by atoms with Gasteiger partial charge < -0.3 is 11.1 Å². The molecule has 2 nitrogen and oxygen atoms in total. The standard InChI is InChI=1S/C11H18N2/c1-8-4-5-9(2)10(6-8)11(12)7-13-3/h4-6,11,13H,7,12H2,1-3H3. The van der Waals surface area contributed by atoms with Gasteiger partial charge in [-0.25, -0.2) is 0 Å². The molecule has 0 radical (unpaired) electrons. The average Bonchev–Trinajstić information content (AvgIpc) is 2.09. The Morgan fingerprint density at radius 1 is 1.38 bits per heavy atom. The lowest BCUT2D eigenvalue weighted by molar-refractivity contribution is 0.649. The van der Waals surface area contributed by atoms with Crippen LogP contribution in [0.2, 0.25) is 0 Å². The number of nitrogens with two attached hydrogens (primary N) is 1. The molecule has 2 heteroatoms. The van der Waals surface area contributed by atoms with Crippen molar-refractivity contribution >= 4 is 0 Å². The number of benzene rings is 1. The Bertz CT molecular complexity index is 281. The second kappa shape index (κ2) is 4.40. The molecular weight excluding hydrogens is 160 g/mol. The van der Waals surface area contributed by atoms with Crippen LogP contribution in [0.3, 0.4) is 0 Å². The first-order valence-corrected chi connectivity index (χ1v) is 4.62. The molecule has 0 aliphatic heterocycles. The zero-order valence-electron chi connectivity index (χ0n) is 8.59. The molecule has 0 fully saturated rings. The maximum atomic E-state index is 6.01. The van der Waals surface area contributed by atoms with Crippen molar-refractivity contribution in [2.45, 2.75) is 19.9 Å². The first kappa shape index (κ1) is 10.2. The largest absolute Gasteiger partial charge is 0.323 e. The Morgan fingerprint density at radius 2 is 2.08 bits per heavy atom. The molecule has 0 amide bonds. The predicted octanol–water partition coefficient (Wildman–Crippen LogP) is 1.52. The van der Waals surface area contributed by atoms with E-state index in [1.54, 1.807) is 0 Å². The quantitative estimate of drug-likeness (QED) is 0.736. The minimum absolute atomic E-state index is 0.102. The molecule has 13 heavy (non-hydrogen) atoms. The summed E-state index contributed by atoms with van der Waals surface area (Å²) in [6.45, 7) is 5.02. The van der Waals surface area contributed by atoms with Gasteiger partial charge in [0.1, 0.15) is 0 Å². The molecule has 0 spiro atoms. The topological polar surface area (TPSA) is 38.0 Å². The summed E-state index contributed by atoms with van der Waals surface area (Å²) in [7, 11) is 1.92. The third-order valence-corrected chi connectivity index (χ3v) is 2.26. The third kappa shape index (κ3) is 2.54. The zero-order valence-corrected chi connectivity index (χ0v) is 8.59. The van der Waals surface area contributed by atoms with Crippen LogP contribution in [0.15, 0.2) is 18.2 Å². The summed E-state index contributed by atoms with van der Waals surface area (Å²) in [6.07, 6.45) is 0. The van der Waals surface area contributed by atoms with E-state index < -0.39 is 0 Å². The van der Waals surface area contributed by atoms with E-state index >= 15 is 0 Å². The van der Waals surface area contributed by atoms with Gasteiger partial charge in [-0.1, -0.05) is 23.8 Å². The number of aryl methyl sites for hydroxylation is 2. The van der Waals surface area contributed by atoms with E-state index in [2.05, 4.69) is 37.4 Å². The number of hydrogen-bond donors (Lipinski definition) is 2. The number of likely N-dealkylation sites (N-methyl/N-ethyl adjacent to an activating group) is 1. The SMILES string of the molecule is CNCC(N)c1cc(C)ccc1C. The van der Waals surface area contributed by atoms with E-state index in [1.165, 1.54) is 16.7 Å². The minimum Gasteiger partial charge on any atom is -0.323 e. The fraction of sp³-hybridized carbons (Fsp3) is 0.455. The van der Waals surface area contributed by atoms with Gasteiger partial charge in [-0.2, -0.15) is 0 Å². The van der Waals surface area contributed by atoms with Gasteiger partial charge in [0.2, 0.25) is 0 Å². The lowest BCUT2D eigenvalue weighted by atomic mass is 9.99. The van der Waals surface area contributed by atoms with E-state index in [9.17, 15) is 0 Å². The van der Waals surface area contributed by atoms with Gasteiger partial charge in [-0.05, 0) is 32.0 Å². The van der Waals surface area contributed by atoms with Gasteiger partial charge in [-0.15, -0.1) is 0 Å². The van der Waals surface area contributed by atoms with E-state index in [0.29, 0.717) is 0 Å². The molecule has 0 saturated carbocycles. The summed E-state index contributed by atoms with van der Waals surface area (Å²) in [5.74, 6) is 0. The Morgan fingerprint density at radius 3 is 2.69 bits per heavy atom. The van der Waals surface area contributed by atoms with Crippen LogP contribution in [0.25, 0.3) is 0 Å². The van der Waals surface area contributed by atoms with E-state index in [0.717, 1.165) is 6.54 Å². The maximum absolute atomic E-state index is 6.01. The Hall–Kier alpha value is -0.860. The number of hydrogen-bond acceptors (Lipinski definition) is 2. The van der Waals surface area contributed by atoms with Crippen molar-refractivity contribution in [3.8, 4) is 0 Å². The van der Waals surface area contributed by atoms with Gasteiger partial charge >= 0.3 is 0 Å². The summed E-state index contributed by atoms with van der Waals surface area (Å²) in [4.78, 5) is 0. The molecule has 0 aromatic heterocycles. The first-order chi connectivity index (χ1) is 6.15.